The van der Waals surface area contributed by atoms with E-state index in [0.717, 1.165) is 30.8 Å². The number of nitrogens with zero attached hydrogens (tertiary/aromatic N) is 2. The van der Waals surface area contributed by atoms with Crippen LogP contribution in [0.4, 0.5) is 5.69 Å². The Bertz CT molecular complexity index is 772. The van der Waals surface area contributed by atoms with Crippen molar-refractivity contribution in [3.8, 4) is 0 Å². The van der Waals surface area contributed by atoms with E-state index < -0.39 is 5.79 Å². The third-order valence-electron chi connectivity index (χ3n) is 5.01. The molecule has 0 saturated carbocycles. The van der Waals surface area contributed by atoms with Crippen LogP contribution in [0.1, 0.15) is 24.5 Å². The Balaban J connectivity index is 1.61. The van der Waals surface area contributed by atoms with E-state index in [1.54, 1.807) is 4.90 Å². The molecule has 1 saturated heterocycles. The molecular formula is C21H24N2O3. The van der Waals surface area contributed by atoms with Crippen LogP contribution in [-0.4, -0.2) is 37.2 Å². The maximum absolute atomic E-state index is 13.3. The highest BCUT2D eigenvalue weighted by Crippen LogP contribution is 2.45. The second-order valence-corrected chi connectivity index (χ2v) is 6.69. The number of carbonyl (C=O) groups is 1. The van der Waals surface area contributed by atoms with E-state index in [2.05, 4.69) is 24.0 Å². The van der Waals surface area contributed by atoms with E-state index in [1.165, 1.54) is 5.56 Å². The number of carbonyl (C=O) groups excluding carboxylic acids is 1. The van der Waals surface area contributed by atoms with E-state index in [0.29, 0.717) is 19.9 Å². The van der Waals surface area contributed by atoms with Crippen LogP contribution in [0.2, 0.25) is 0 Å². The molecule has 0 unspecified atom stereocenters. The number of para-hydroxylation sites is 1. The Hall–Kier alpha value is -2.21. The van der Waals surface area contributed by atoms with Gasteiger partial charge in [0, 0.05) is 12.1 Å². The lowest BCUT2D eigenvalue weighted by molar-refractivity contribution is -0.256. The molecule has 2 heterocycles. The van der Waals surface area contributed by atoms with E-state index in [9.17, 15) is 4.79 Å². The van der Waals surface area contributed by atoms with Crippen molar-refractivity contribution in [1.29, 1.82) is 0 Å². The summed E-state index contributed by atoms with van der Waals surface area (Å²) in [7, 11) is 0. The van der Waals surface area contributed by atoms with Crippen LogP contribution < -0.4 is 4.90 Å². The normalized spacial score (nSPS) is 18.5. The molecule has 0 N–H and O–H groups in total. The SMILES string of the molecule is CCN(Cc1ccccc1)CN1C(=O)C2(OCCCO2)c2ccccc21. The lowest BCUT2D eigenvalue weighted by Crippen LogP contribution is -2.49. The molecule has 0 aromatic heterocycles. The first-order chi connectivity index (χ1) is 12.7. The number of ether oxygens (including phenoxy) is 2. The summed E-state index contributed by atoms with van der Waals surface area (Å²) in [4.78, 5) is 17.3. The minimum atomic E-state index is -1.26. The summed E-state index contributed by atoms with van der Waals surface area (Å²) in [5, 5.41) is 0. The molecule has 2 aromatic carbocycles. The van der Waals surface area contributed by atoms with Crippen LogP contribution in [0, 0.1) is 0 Å². The van der Waals surface area contributed by atoms with E-state index >= 15 is 0 Å². The Morgan fingerprint density at radius 3 is 2.46 bits per heavy atom. The highest BCUT2D eigenvalue weighted by atomic mass is 16.7. The second kappa shape index (κ2) is 7.19. The molecule has 2 aromatic rings. The average molecular weight is 352 g/mol. The number of hydrogen-bond acceptors (Lipinski definition) is 4. The fourth-order valence-electron chi connectivity index (χ4n) is 3.64. The van der Waals surface area contributed by atoms with Gasteiger partial charge in [0.1, 0.15) is 0 Å². The van der Waals surface area contributed by atoms with Crippen LogP contribution in [-0.2, 0) is 26.6 Å². The molecule has 0 bridgehead atoms. The fourth-order valence-corrected chi connectivity index (χ4v) is 3.64. The van der Waals surface area contributed by atoms with Gasteiger partial charge in [0.25, 0.3) is 11.7 Å². The van der Waals surface area contributed by atoms with Gasteiger partial charge in [-0.25, -0.2) is 0 Å². The molecular weight excluding hydrogens is 328 g/mol. The summed E-state index contributed by atoms with van der Waals surface area (Å²) in [5.74, 6) is -1.38. The van der Waals surface area contributed by atoms with Gasteiger partial charge in [-0.1, -0.05) is 55.5 Å². The molecule has 4 rings (SSSR count). The first kappa shape index (κ1) is 17.2. The Morgan fingerprint density at radius 1 is 1.04 bits per heavy atom. The summed E-state index contributed by atoms with van der Waals surface area (Å²) < 4.78 is 11.8. The Morgan fingerprint density at radius 2 is 1.73 bits per heavy atom. The zero-order valence-electron chi connectivity index (χ0n) is 15.1. The van der Waals surface area contributed by atoms with Crippen LogP contribution in [0.3, 0.4) is 0 Å². The van der Waals surface area contributed by atoms with Gasteiger partial charge in [0.15, 0.2) is 0 Å². The molecule has 26 heavy (non-hydrogen) atoms. The monoisotopic (exact) mass is 352 g/mol. The lowest BCUT2D eigenvalue weighted by Gasteiger charge is -2.33. The summed E-state index contributed by atoms with van der Waals surface area (Å²) in [6.45, 7) is 5.33. The van der Waals surface area contributed by atoms with Gasteiger partial charge in [-0.05, 0) is 24.6 Å². The molecule has 0 atom stereocenters. The van der Waals surface area contributed by atoms with Crippen molar-refractivity contribution < 1.29 is 14.3 Å². The number of fused-ring (bicyclic) bond motifs is 2. The summed E-state index contributed by atoms with van der Waals surface area (Å²) >= 11 is 0. The fraction of sp³-hybridized carbons (Fsp3) is 0.381. The van der Waals surface area contributed by atoms with Crippen molar-refractivity contribution >= 4 is 11.6 Å². The van der Waals surface area contributed by atoms with Gasteiger partial charge < -0.3 is 9.47 Å². The van der Waals surface area contributed by atoms with Gasteiger partial charge >= 0.3 is 0 Å². The van der Waals surface area contributed by atoms with Crippen molar-refractivity contribution in [1.82, 2.24) is 4.90 Å². The van der Waals surface area contributed by atoms with E-state index in [4.69, 9.17) is 9.47 Å². The van der Waals surface area contributed by atoms with Gasteiger partial charge in [-0.15, -0.1) is 0 Å². The molecule has 5 nitrogen and oxygen atoms in total. The van der Waals surface area contributed by atoms with E-state index in [-0.39, 0.29) is 5.91 Å². The number of hydrogen-bond donors (Lipinski definition) is 0. The van der Waals surface area contributed by atoms with Crippen molar-refractivity contribution in [2.75, 3.05) is 31.3 Å². The van der Waals surface area contributed by atoms with Crippen molar-refractivity contribution in [2.24, 2.45) is 0 Å². The van der Waals surface area contributed by atoms with Gasteiger partial charge in [0.05, 0.1) is 25.6 Å². The smallest absolute Gasteiger partial charge is 0.293 e. The molecule has 136 valence electrons. The maximum atomic E-state index is 13.3. The predicted octanol–water partition coefficient (Wildman–Crippen LogP) is 3.10. The van der Waals surface area contributed by atoms with Gasteiger partial charge in [-0.2, -0.15) is 0 Å². The quantitative estimate of drug-likeness (QED) is 0.829. The van der Waals surface area contributed by atoms with Gasteiger partial charge in [0.2, 0.25) is 0 Å². The van der Waals surface area contributed by atoms with Crippen molar-refractivity contribution in [3.05, 3.63) is 65.7 Å². The summed E-state index contributed by atoms with van der Waals surface area (Å²) in [5.41, 5.74) is 2.93. The van der Waals surface area contributed by atoms with E-state index in [1.807, 2.05) is 42.5 Å². The Kier molecular flexibility index (Phi) is 4.76. The van der Waals surface area contributed by atoms with Gasteiger partial charge in [-0.3, -0.25) is 14.6 Å². The third kappa shape index (κ3) is 2.92. The minimum Gasteiger partial charge on any atom is -0.338 e. The largest absolute Gasteiger partial charge is 0.338 e. The zero-order chi connectivity index (χ0) is 18.0. The molecule has 1 spiro atoms. The minimum absolute atomic E-state index is 0.120. The second-order valence-electron chi connectivity index (χ2n) is 6.69. The molecule has 0 aliphatic carbocycles. The van der Waals surface area contributed by atoms with Crippen LogP contribution in [0.15, 0.2) is 54.6 Å². The molecule has 1 amide bonds. The molecule has 1 fully saturated rings. The first-order valence-corrected chi connectivity index (χ1v) is 9.20. The molecule has 5 heteroatoms. The molecule has 0 radical (unpaired) electrons. The maximum Gasteiger partial charge on any atom is 0.293 e. The van der Waals surface area contributed by atoms with Crippen LogP contribution in [0.5, 0.6) is 0 Å². The third-order valence-corrected chi connectivity index (χ3v) is 5.01. The highest BCUT2D eigenvalue weighted by Gasteiger charge is 2.54. The van der Waals surface area contributed by atoms with Crippen LogP contribution in [0.25, 0.3) is 0 Å². The van der Waals surface area contributed by atoms with Crippen molar-refractivity contribution in [3.63, 3.8) is 0 Å². The Labute approximate surface area is 154 Å². The molecule has 2 aliphatic rings. The topological polar surface area (TPSA) is 42.0 Å². The first-order valence-electron chi connectivity index (χ1n) is 9.20. The lowest BCUT2D eigenvalue weighted by atomic mass is 10.1. The highest BCUT2D eigenvalue weighted by molar-refractivity contribution is 6.06. The predicted molar refractivity (Wildman–Crippen MR) is 99.5 cm³/mol. The number of anilines is 1. The number of amides is 1. The zero-order valence-corrected chi connectivity index (χ0v) is 15.1. The summed E-state index contributed by atoms with van der Waals surface area (Å²) in [6.07, 6.45) is 0.812. The number of benzene rings is 2. The van der Waals surface area contributed by atoms with Crippen molar-refractivity contribution in [2.45, 2.75) is 25.7 Å². The standard InChI is InChI=1S/C21H24N2O3/c1-2-22(15-17-9-4-3-5-10-17)16-23-19-12-7-6-11-18(19)21(20(23)24)25-13-8-14-26-21/h3-7,9-12H,2,8,13-16H2,1H3. The van der Waals surface area contributed by atoms with Crippen LogP contribution >= 0.6 is 0 Å². The summed E-state index contributed by atoms with van der Waals surface area (Å²) in [6, 6.07) is 18.1. The molecule has 2 aliphatic heterocycles. The average Bonchev–Trinajstić information content (AvgIpc) is 2.92. The number of rotatable bonds is 5.